The molecule has 0 saturated carbocycles. The maximum absolute atomic E-state index is 13.6. The number of carbonyl (C=O) groups is 1. The van der Waals surface area contributed by atoms with Crippen LogP contribution in [0.5, 0.6) is 5.75 Å². The first-order valence-corrected chi connectivity index (χ1v) is 11.7. The lowest BCUT2D eigenvalue weighted by atomic mass is 9.75. The number of aliphatic imine (C=N–C) groups is 1. The van der Waals surface area contributed by atoms with Gasteiger partial charge in [0.15, 0.2) is 11.5 Å². The minimum absolute atomic E-state index is 0.126. The van der Waals surface area contributed by atoms with Gasteiger partial charge < -0.3 is 15.2 Å². The Bertz CT molecular complexity index is 1100. The first-order valence-electron chi connectivity index (χ1n) is 11.4. The molecule has 176 valence electrons. The van der Waals surface area contributed by atoms with Crippen LogP contribution in [-0.2, 0) is 15.1 Å². The number of rotatable bonds is 6. The predicted molar refractivity (Wildman–Crippen MR) is 131 cm³/mol. The van der Waals surface area contributed by atoms with Gasteiger partial charge in [0.05, 0.1) is 5.60 Å². The quantitative estimate of drug-likeness (QED) is 0.647. The fourth-order valence-corrected chi connectivity index (χ4v) is 5.12. The Balaban J connectivity index is 1.81. The van der Waals surface area contributed by atoms with Crippen LogP contribution >= 0.6 is 11.6 Å². The highest BCUT2D eigenvalue weighted by atomic mass is 35.5. The van der Waals surface area contributed by atoms with E-state index in [9.17, 15) is 4.79 Å². The zero-order valence-electron chi connectivity index (χ0n) is 19.9. The number of hydrogen-bond acceptors (Lipinski definition) is 5. The maximum atomic E-state index is 13.6. The summed E-state index contributed by atoms with van der Waals surface area (Å²) < 4.78 is 12.2. The van der Waals surface area contributed by atoms with Crippen molar-refractivity contribution < 1.29 is 14.3 Å². The third-order valence-corrected chi connectivity index (χ3v) is 7.26. The number of carbonyl (C=O) groups excluding carboxylic acids is 1. The van der Waals surface area contributed by atoms with E-state index in [1.54, 1.807) is 14.2 Å². The monoisotopic (exact) mass is 469 g/mol. The highest BCUT2D eigenvalue weighted by Crippen LogP contribution is 2.49. The van der Waals surface area contributed by atoms with Crippen molar-refractivity contribution in [3.8, 4) is 16.9 Å². The van der Waals surface area contributed by atoms with Crippen molar-refractivity contribution in [1.29, 1.82) is 0 Å². The largest absolute Gasteiger partial charge is 0.490 e. The third-order valence-electron chi connectivity index (χ3n) is 7.02. The van der Waals surface area contributed by atoms with Gasteiger partial charge in [0.2, 0.25) is 0 Å². The number of ether oxygens (including phenoxy) is 2. The van der Waals surface area contributed by atoms with Gasteiger partial charge in [-0.1, -0.05) is 36.7 Å². The maximum Gasteiger partial charge on any atom is 0.261 e. The van der Waals surface area contributed by atoms with Crippen LogP contribution < -0.4 is 10.5 Å². The van der Waals surface area contributed by atoms with Crippen molar-refractivity contribution in [2.24, 2.45) is 16.6 Å². The van der Waals surface area contributed by atoms with Crippen molar-refractivity contribution in [3.63, 3.8) is 0 Å². The van der Waals surface area contributed by atoms with Crippen molar-refractivity contribution in [2.75, 3.05) is 14.2 Å². The lowest BCUT2D eigenvalue weighted by Crippen LogP contribution is -2.48. The summed E-state index contributed by atoms with van der Waals surface area (Å²) >= 11 is 6.22. The van der Waals surface area contributed by atoms with E-state index in [1.165, 1.54) is 4.90 Å². The van der Waals surface area contributed by atoms with Crippen LogP contribution in [0.25, 0.3) is 11.1 Å². The van der Waals surface area contributed by atoms with Crippen LogP contribution in [0.3, 0.4) is 0 Å². The summed E-state index contributed by atoms with van der Waals surface area (Å²) in [5.74, 6) is 0.960. The summed E-state index contributed by atoms with van der Waals surface area (Å²) in [5.41, 5.74) is 7.41. The summed E-state index contributed by atoms with van der Waals surface area (Å²) in [5, 5.41) is 0.654. The van der Waals surface area contributed by atoms with Crippen molar-refractivity contribution in [3.05, 3.63) is 53.1 Å². The van der Waals surface area contributed by atoms with Crippen LogP contribution in [0, 0.1) is 5.92 Å². The Labute approximate surface area is 200 Å². The van der Waals surface area contributed by atoms with E-state index in [-0.39, 0.29) is 29.5 Å². The lowest BCUT2D eigenvalue weighted by molar-refractivity contribution is -0.133. The fourth-order valence-electron chi connectivity index (χ4n) is 4.93. The van der Waals surface area contributed by atoms with E-state index in [0.29, 0.717) is 17.2 Å². The molecule has 4 rings (SSSR count). The van der Waals surface area contributed by atoms with Crippen LogP contribution in [-0.4, -0.2) is 42.6 Å². The van der Waals surface area contributed by atoms with Gasteiger partial charge in [0.25, 0.3) is 5.91 Å². The summed E-state index contributed by atoms with van der Waals surface area (Å²) in [4.78, 5) is 19.8. The SMILES string of the molecule is CCC(CC(C)(C)OC)C1CC2(N=C(N)N(C)C2=O)c2cc(-c3cccc(Cl)c3)ccc2O1. The molecule has 0 aliphatic carbocycles. The molecule has 2 N–H and O–H groups in total. The molecular weight excluding hydrogens is 438 g/mol. The average Bonchev–Trinajstić information content (AvgIpc) is 3.01. The Morgan fingerprint density at radius 2 is 2.03 bits per heavy atom. The van der Waals surface area contributed by atoms with Gasteiger partial charge in [0.1, 0.15) is 11.9 Å². The van der Waals surface area contributed by atoms with Crippen LogP contribution in [0.2, 0.25) is 5.02 Å². The lowest BCUT2D eigenvalue weighted by Gasteiger charge is -2.41. The van der Waals surface area contributed by atoms with E-state index in [0.717, 1.165) is 29.5 Å². The third kappa shape index (κ3) is 4.22. The van der Waals surface area contributed by atoms with E-state index in [2.05, 4.69) is 20.8 Å². The van der Waals surface area contributed by atoms with Gasteiger partial charge in [-0.25, -0.2) is 4.99 Å². The zero-order valence-corrected chi connectivity index (χ0v) is 20.6. The van der Waals surface area contributed by atoms with Gasteiger partial charge in [-0.05, 0) is 68.0 Å². The molecule has 1 amide bonds. The number of likely N-dealkylation sites (N-methyl/N-ethyl adjacent to an activating group) is 1. The molecule has 7 heteroatoms. The fraction of sp³-hybridized carbons (Fsp3) is 0.462. The second-order valence-corrected chi connectivity index (χ2v) is 10.0. The smallest absolute Gasteiger partial charge is 0.261 e. The number of benzene rings is 2. The first-order chi connectivity index (χ1) is 15.6. The normalized spacial score (nSPS) is 23.3. The number of amides is 1. The van der Waals surface area contributed by atoms with Crippen molar-refractivity contribution in [1.82, 2.24) is 4.90 Å². The molecule has 6 nitrogen and oxygen atoms in total. The second kappa shape index (κ2) is 8.65. The van der Waals surface area contributed by atoms with E-state index < -0.39 is 5.54 Å². The van der Waals surface area contributed by atoms with Gasteiger partial charge in [-0.2, -0.15) is 0 Å². The first kappa shape index (κ1) is 23.6. The molecule has 0 bridgehead atoms. The standard InChI is InChI=1S/C26H32ClN3O3/c1-6-16(14-25(2,3)32-5)22-15-26(23(31)30(4)24(28)29-26)20-13-18(10-11-21(20)33-22)17-8-7-9-19(27)12-17/h7-13,16,22H,6,14-15H2,1-5H3,(H2,28,29). The second-order valence-electron chi connectivity index (χ2n) is 9.61. The molecule has 0 fully saturated rings. The molecule has 33 heavy (non-hydrogen) atoms. The van der Waals surface area contributed by atoms with Crippen molar-refractivity contribution in [2.45, 2.75) is 57.3 Å². The number of nitrogens with zero attached hydrogens (tertiary/aromatic N) is 2. The molecule has 1 spiro atoms. The number of hydrogen-bond donors (Lipinski definition) is 1. The van der Waals surface area contributed by atoms with Gasteiger partial charge in [-0.3, -0.25) is 9.69 Å². The Hall–Kier alpha value is -2.57. The average molecular weight is 470 g/mol. The molecule has 2 aromatic rings. The summed E-state index contributed by atoms with van der Waals surface area (Å²) in [7, 11) is 3.40. The number of methoxy groups -OCH3 is 1. The minimum Gasteiger partial charge on any atom is -0.490 e. The molecule has 2 heterocycles. The number of halogens is 1. The van der Waals surface area contributed by atoms with Crippen LogP contribution in [0.15, 0.2) is 47.5 Å². The van der Waals surface area contributed by atoms with E-state index in [4.69, 9.17) is 31.8 Å². The predicted octanol–water partition coefficient (Wildman–Crippen LogP) is 4.98. The summed E-state index contributed by atoms with van der Waals surface area (Å²) in [6.07, 6.45) is 1.94. The molecule has 0 aromatic heterocycles. The van der Waals surface area contributed by atoms with Gasteiger partial charge >= 0.3 is 0 Å². The molecular formula is C26H32ClN3O3. The molecule has 2 aromatic carbocycles. The summed E-state index contributed by atoms with van der Waals surface area (Å²) in [6.45, 7) is 6.29. The Morgan fingerprint density at radius 1 is 1.30 bits per heavy atom. The van der Waals surface area contributed by atoms with Gasteiger partial charge in [-0.15, -0.1) is 0 Å². The Kier molecular flexibility index (Phi) is 6.18. The summed E-state index contributed by atoms with van der Waals surface area (Å²) in [6, 6.07) is 13.6. The van der Waals surface area contributed by atoms with Gasteiger partial charge in [0, 0.05) is 31.2 Å². The number of nitrogens with two attached hydrogens (primary N) is 1. The molecule has 2 aliphatic rings. The van der Waals surface area contributed by atoms with Crippen LogP contribution in [0.4, 0.5) is 0 Å². The Morgan fingerprint density at radius 3 is 2.64 bits per heavy atom. The highest BCUT2D eigenvalue weighted by molar-refractivity contribution is 6.30. The highest BCUT2D eigenvalue weighted by Gasteiger charge is 2.54. The molecule has 0 saturated heterocycles. The minimum atomic E-state index is -1.10. The van der Waals surface area contributed by atoms with E-state index in [1.807, 2.05) is 42.5 Å². The van der Waals surface area contributed by atoms with Crippen LogP contribution in [0.1, 0.15) is 45.6 Å². The van der Waals surface area contributed by atoms with Crippen molar-refractivity contribution >= 4 is 23.5 Å². The number of guanidine groups is 1. The molecule has 2 aliphatic heterocycles. The number of fused-ring (bicyclic) bond motifs is 2. The topological polar surface area (TPSA) is 77.2 Å². The molecule has 0 radical (unpaired) electrons. The molecule has 3 atom stereocenters. The zero-order chi connectivity index (χ0) is 24.0. The van der Waals surface area contributed by atoms with E-state index >= 15 is 0 Å². The molecule has 3 unspecified atom stereocenters.